The molecule has 14 rings (SSSR count). The number of ether oxygens (including phenoxy) is 4. The van der Waals surface area contributed by atoms with Crippen LogP contribution in [-0.4, -0.2) is 122 Å². The van der Waals surface area contributed by atoms with Gasteiger partial charge in [0.15, 0.2) is 0 Å². The topological polar surface area (TPSA) is 153 Å². The van der Waals surface area contributed by atoms with Crippen molar-refractivity contribution in [2.24, 2.45) is 0 Å². The number of rotatable bonds is 6. The van der Waals surface area contributed by atoms with Crippen LogP contribution in [0.2, 0.25) is 0 Å². The van der Waals surface area contributed by atoms with Crippen LogP contribution in [0.25, 0.3) is 44.6 Å². The van der Waals surface area contributed by atoms with Crippen LogP contribution < -0.4 is 25.3 Å². The van der Waals surface area contributed by atoms with E-state index in [1.807, 2.05) is 48.5 Å². The van der Waals surface area contributed by atoms with Gasteiger partial charge in [-0.2, -0.15) is 0 Å². The Bertz CT molecular complexity index is 3340. The molecular weight excluding hydrogens is 1060 g/mol. The molecule has 18 heteroatoms. The normalized spacial score (nSPS) is 18.6. The lowest BCUT2D eigenvalue weighted by Gasteiger charge is -2.34. The number of halogens is 3. The number of nitrogen functional groups attached to an aromatic ring is 1. The number of nitrogens with two attached hydrogens (primary N) is 1. The molecule has 6 aliphatic rings. The Hall–Kier alpha value is -6.96. The monoisotopic (exact) mass is 1120 g/mol. The van der Waals surface area contributed by atoms with E-state index in [0.29, 0.717) is 69.7 Å². The van der Waals surface area contributed by atoms with Gasteiger partial charge in [0.2, 0.25) is 0 Å². The predicted molar refractivity (Wildman–Crippen MR) is 303 cm³/mol. The summed E-state index contributed by atoms with van der Waals surface area (Å²) in [6, 6.07) is 25.8. The Morgan fingerprint density at radius 2 is 0.949 bits per heavy atom. The van der Waals surface area contributed by atoms with Crippen LogP contribution in [0, 0.1) is 25.5 Å². The number of fused-ring (bicyclic) bond motifs is 6. The lowest BCUT2D eigenvalue weighted by molar-refractivity contribution is 0.0544. The molecule has 15 nitrogen and oxygen atoms in total. The van der Waals surface area contributed by atoms with E-state index in [4.69, 9.17) is 44.6 Å². The highest BCUT2D eigenvalue weighted by Gasteiger charge is 2.49. The molecule has 0 amide bonds. The molecule has 6 aliphatic heterocycles. The Labute approximate surface area is 459 Å². The smallest absolute Gasteiger partial charge is 0.147 e. The van der Waals surface area contributed by atoms with Gasteiger partial charge < -0.3 is 44.3 Å². The van der Waals surface area contributed by atoms with E-state index in [0.717, 1.165) is 160 Å². The van der Waals surface area contributed by atoms with Crippen LogP contribution in [-0.2, 0) is 29.8 Å². The van der Waals surface area contributed by atoms with Crippen molar-refractivity contribution in [2.75, 3.05) is 117 Å². The lowest BCUT2D eigenvalue weighted by Crippen LogP contribution is -2.38. The van der Waals surface area contributed by atoms with Crippen molar-refractivity contribution < 1.29 is 27.7 Å². The Morgan fingerprint density at radius 3 is 1.41 bits per heavy atom. The Morgan fingerprint density at radius 1 is 0.513 bits per heavy atom. The van der Waals surface area contributed by atoms with Crippen molar-refractivity contribution in [3.8, 4) is 22.8 Å². The van der Waals surface area contributed by atoms with Gasteiger partial charge in [-0.15, -0.1) is 0 Å². The minimum absolute atomic E-state index is 0.132. The Kier molecular flexibility index (Phi) is 13.4. The second kappa shape index (κ2) is 20.7. The molecule has 0 bridgehead atoms. The second-order valence-corrected chi connectivity index (χ2v) is 22.0. The predicted octanol–water partition coefficient (Wildman–Crippen LogP) is 10.7. The van der Waals surface area contributed by atoms with Gasteiger partial charge in [0.25, 0.3) is 0 Å². The molecule has 78 heavy (non-hydrogen) atoms. The first kappa shape index (κ1) is 50.5. The summed E-state index contributed by atoms with van der Waals surface area (Å²) in [5, 5.41) is 1.81. The minimum Gasteiger partial charge on any atom is -0.382 e. The number of pyridine rings is 6. The van der Waals surface area contributed by atoms with Crippen LogP contribution in [0.3, 0.4) is 0 Å². The summed E-state index contributed by atoms with van der Waals surface area (Å²) in [7, 11) is 0. The summed E-state index contributed by atoms with van der Waals surface area (Å²) in [5.74, 6) is -0.0702. The van der Waals surface area contributed by atoms with Crippen molar-refractivity contribution in [1.82, 2.24) is 29.9 Å². The molecule has 8 aromatic rings. The van der Waals surface area contributed by atoms with Gasteiger partial charge in [-0.05, 0) is 116 Å². The molecule has 2 aromatic carbocycles. The van der Waals surface area contributed by atoms with Gasteiger partial charge in [-0.25, -0.2) is 28.7 Å². The fourth-order valence-corrected chi connectivity index (χ4v) is 13.3. The highest BCUT2D eigenvalue weighted by molar-refractivity contribution is 9.10. The summed E-state index contributed by atoms with van der Waals surface area (Å²) >= 11 is 3.81. The summed E-state index contributed by atoms with van der Waals surface area (Å²) in [4.78, 5) is 38.7. The molecule has 0 aliphatic carbocycles. The number of morpholine rings is 2. The van der Waals surface area contributed by atoms with E-state index < -0.39 is 0 Å². The van der Waals surface area contributed by atoms with Gasteiger partial charge >= 0.3 is 0 Å². The van der Waals surface area contributed by atoms with E-state index in [1.165, 1.54) is 24.3 Å². The van der Waals surface area contributed by atoms with Crippen molar-refractivity contribution in [1.29, 1.82) is 0 Å². The maximum Gasteiger partial charge on any atom is 0.147 e. The highest BCUT2D eigenvalue weighted by atomic mass is 79.9. The summed E-state index contributed by atoms with van der Waals surface area (Å²) in [6.07, 6.45) is 7.06. The van der Waals surface area contributed by atoms with Crippen LogP contribution in [0.15, 0.2) is 102 Å². The van der Waals surface area contributed by atoms with Crippen molar-refractivity contribution >= 4 is 77.7 Å². The second-order valence-electron chi connectivity index (χ2n) is 21.2. The van der Waals surface area contributed by atoms with Gasteiger partial charge in [0.05, 0.1) is 106 Å². The molecule has 0 atom stereocenters. The number of hydrogen-bond acceptors (Lipinski definition) is 15. The molecule has 400 valence electrons. The maximum absolute atomic E-state index is 14.5. The zero-order valence-corrected chi connectivity index (χ0v) is 45.4. The third kappa shape index (κ3) is 8.94. The molecule has 2 spiro atoms. The first-order valence-electron chi connectivity index (χ1n) is 27.0. The molecule has 0 unspecified atom stereocenters. The fraction of sp³-hybridized carbons (Fsp3) is 0.367. The van der Waals surface area contributed by atoms with E-state index in [9.17, 15) is 8.78 Å². The van der Waals surface area contributed by atoms with Crippen LogP contribution in [0.1, 0.15) is 48.2 Å². The standard InChI is InChI=1S/C30H29BrFN5O2.C30H31FN6O2/c1-19-26(22-4-2-3-9-33-22)34-23-16-20(32)5-6-21(23)27(19)37-18-30(7-12-38-13-8-30)28-24(37)17-25(29(31)35-28)36-10-14-39-15-11-36;1-19-26(22-4-2-3-9-33-22)34-23-16-20(31)5-6-21(23)27(19)37-18-30(7-12-38-13-8-30)28-24(37)17-25(29(32)35-28)36-10-14-39-15-11-36/h2-6,9,16-17H,7-8,10-15,18H2,1H3;2-6,9,16-17H,7-8,10-15,18H2,1H3,(H2,32,35). The summed E-state index contributed by atoms with van der Waals surface area (Å²) in [6.45, 7) is 14.4. The van der Waals surface area contributed by atoms with Gasteiger partial charge in [-0.3, -0.25) is 9.97 Å². The average Bonchev–Trinajstić information content (AvgIpc) is 4.15. The average molecular weight is 1120 g/mol. The van der Waals surface area contributed by atoms with Crippen LogP contribution in [0.5, 0.6) is 0 Å². The first-order chi connectivity index (χ1) is 38.1. The van der Waals surface area contributed by atoms with Crippen molar-refractivity contribution in [2.45, 2.75) is 50.4 Å². The molecule has 0 saturated carbocycles. The lowest BCUT2D eigenvalue weighted by atomic mass is 9.78. The summed E-state index contributed by atoms with van der Waals surface area (Å²) < 4.78 is 52.6. The fourth-order valence-electron chi connectivity index (χ4n) is 12.7. The van der Waals surface area contributed by atoms with Gasteiger partial charge in [0.1, 0.15) is 22.1 Å². The zero-order chi connectivity index (χ0) is 53.1. The third-order valence-corrected chi connectivity index (χ3v) is 17.3. The quantitative estimate of drug-likeness (QED) is 0.157. The SMILES string of the molecule is Cc1c(-c2ccccn2)nc2cc(F)ccc2c1N1CC2(CCOCC2)c2nc(Br)c(N3CCOCC3)cc21.Cc1c(-c2ccccn2)nc2cc(F)ccc2c1N1CC2(CCOCC2)c2nc(N)c(N3CCOCC3)cc21. The highest BCUT2D eigenvalue weighted by Crippen LogP contribution is 2.55. The van der Waals surface area contributed by atoms with E-state index in [1.54, 1.807) is 12.4 Å². The number of nitrogens with zero attached hydrogens (tertiary/aromatic N) is 10. The van der Waals surface area contributed by atoms with E-state index in [-0.39, 0.29) is 22.5 Å². The van der Waals surface area contributed by atoms with Crippen LogP contribution in [0.4, 0.5) is 48.7 Å². The molecule has 12 heterocycles. The number of benzene rings is 2. The van der Waals surface area contributed by atoms with Crippen molar-refractivity contribution in [3.05, 3.63) is 136 Å². The molecule has 2 N–H and O–H groups in total. The Balaban J connectivity index is 0.000000148. The largest absolute Gasteiger partial charge is 0.382 e. The maximum atomic E-state index is 14.5. The van der Waals surface area contributed by atoms with Crippen molar-refractivity contribution in [3.63, 3.8) is 0 Å². The molecular formula is C60H60BrF2N11O4. The van der Waals surface area contributed by atoms with E-state index in [2.05, 4.69) is 71.5 Å². The van der Waals surface area contributed by atoms with Gasteiger partial charge in [0, 0.05) is 123 Å². The number of anilines is 7. The van der Waals surface area contributed by atoms with Crippen LogP contribution >= 0.6 is 15.9 Å². The molecule has 6 aromatic heterocycles. The first-order valence-corrected chi connectivity index (χ1v) is 27.8. The molecule has 4 fully saturated rings. The number of hydrogen-bond donors (Lipinski definition) is 1. The van der Waals surface area contributed by atoms with E-state index >= 15 is 0 Å². The number of aromatic nitrogens is 6. The minimum atomic E-state index is -0.316. The zero-order valence-electron chi connectivity index (χ0n) is 43.8. The third-order valence-electron chi connectivity index (χ3n) is 16.7. The van der Waals surface area contributed by atoms with Gasteiger partial charge in [-0.1, -0.05) is 12.1 Å². The molecule has 4 saturated heterocycles. The summed E-state index contributed by atoms with van der Waals surface area (Å²) in [5.41, 5.74) is 20.9. The molecule has 0 radical (unpaired) electrons.